The maximum atomic E-state index is 13.1. The molecule has 2 amide bonds. The van der Waals surface area contributed by atoms with Crippen molar-refractivity contribution in [3.8, 4) is 0 Å². The van der Waals surface area contributed by atoms with Crippen molar-refractivity contribution in [2.75, 3.05) is 0 Å². The zero-order valence-corrected chi connectivity index (χ0v) is 20.3. The summed E-state index contributed by atoms with van der Waals surface area (Å²) >= 11 is 0. The SMILES string of the molecule is Cc1ccc(CNC(=O)c2cccc(C(NC(=O)c3cc(C4CC4)on3)C3CCCCC3)c2)cc1. The Bertz CT molecular complexity index is 1170. The highest BCUT2D eigenvalue weighted by Crippen LogP contribution is 2.40. The molecule has 5 rings (SSSR count). The van der Waals surface area contributed by atoms with Gasteiger partial charge in [-0.05, 0) is 61.8 Å². The molecular weight excluding hydrogens is 438 g/mol. The molecule has 0 bridgehead atoms. The van der Waals surface area contributed by atoms with E-state index in [-0.39, 0.29) is 17.9 Å². The van der Waals surface area contributed by atoms with Gasteiger partial charge in [-0.15, -0.1) is 0 Å². The predicted molar refractivity (Wildman–Crippen MR) is 134 cm³/mol. The number of amides is 2. The zero-order valence-electron chi connectivity index (χ0n) is 20.3. The normalized spacial score (nSPS) is 17.1. The van der Waals surface area contributed by atoms with E-state index in [9.17, 15) is 9.59 Å². The summed E-state index contributed by atoms with van der Waals surface area (Å²) in [4.78, 5) is 26.0. The van der Waals surface area contributed by atoms with E-state index in [1.54, 1.807) is 6.07 Å². The van der Waals surface area contributed by atoms with Gasteiger partial charge >= 0.3 is 0 Å². The van der Waals surface area contributed by atoms with Gasteiger partial charge in [-0.1, -0.05) is 66.4 Å². The molecule has 0 radical (unpaired) electrons. The van der Waals surface area contributed by atoms with Crippen molar-refractivity contribution in [1.29, 1.82) is 0 Å². The molecule has 1 unspecified atom stereocenters. The van der Waals surface area contributed by atoms with Crippen LogP contribution in [0.2, 0.25) is 0 Å². The second-order valence-corrected chi connectivity index (χ2v) is 10.0. The lowest BCUT2D eigenvalue weighted by molar-refractivity contribution is 0.0903. The van der Waals surface area contributed by atoms with E-state index in [0.717, 1.165) is 55.4 Å². The molecule has 2 fully saturated rings. The van der Waals surface area contributed by atoms with Crippen molar-refractivity contribution < 1.29 is 14.1 Å². The molecule has 0 aliphatic heterocycles. The van der Waals surface area contributed by atoms with Crippen LogP contribution in [0.25, 0.3) is 0 Å². The van der Waals surface area contributed by atoms with Crippen molar-refractivity contribution in [3.05, 3.63) is 88.3 Å². The third-order valence-electron chi connectivity index (χ3n) is 7.23. The predicted octanol–water partition coefficient (Wildman–Crippen LogP) is 5.84. The topological polar surface area (TPSA) is 84.2 Å². The number of nitrogens with one attached hydrogen (secondary N) is 2. The third kappa shape index (κ3) is 5.81. The summed E-state index contributed by atoms with van der Waals surface area (Å²) in [6.07, 6.45) is 7.85. The third-order valence-corrected chi connectivity index (χ3v) is 7.23. The largest absolute Gasteiger partial charge is 0.360 e. The summed E-state index contributed by atoms with van der Waals surface area (Å²) in [7, 11) is 0. The molecule has 1 aromatic heterocycles. The molecule has 0 saturated heterocycles. The monoisotopic (exact) mass is 471 g/mol. The first-order valence-corrected chi connectivity index (χ1v) is 12.8. The van der Waals surface area contributed by atoms with E-state index in [4.69, 9.17) is 4.52 Å². The van der Waals surface area contributed by atoms with Gasteiger partial charge in [-0.2, -0.15) is 0 Å². The Kier molecular flexibility index (Phi) is 6.98. The van der Waals surface area contributed by atoms with Crippen LogP contribution in [-0.2, 0) is 6.54 Å². The van der Waals surface area contributed by atoms with E-state index in [1.807, 2.05) is 55.5 Å². The zero-order chi connectivity index (χ0) is 24.2. The molecule has 6 nitrogen and oxygen atoms in total. The first-order valence-electron chi connectivity index (χ1n) is 12.8. The van der Waals surface area contributed by atoms with E-state index < -0.39 is 0 Å². The molecule has 3 aromatic rings. The Balaban J connectivity index is 1.32. The molecule has 2 N–H and O–H groups in total. The van der Waals surface area contributed by atoms with Crippen LogP contribution in [0, 0.1) is 12.8 Å². The van der Waals surface area contributed by atoms with Gasteiger partial charge < -0.3 is 15.2 Å². The van der Waals surface area contributed by atoms with Crippen molar-refractivity contribution in [1.82, 2.24) is 15.8 Å². The van der Waals surface area contributed by atoms with Gasteiger partial charge in [0.2, 0.25) is 0 Å². The van der Waals surface area contributed by atoms with Gasteiger partial charge in [0.1, 0.15) is 5.76 Å². The van der Waals surface area contributed by atoms with Crippen molar-refractivity contribution in [2.45, 2.75) is 70.4 Å². The minimum Gasteiger partial charge on any atom is -0.360 e. The Labute approximate surface area is 206 Å². The quantitative estimate of drug-likeness (QED) is 0.432. The molecule has 1 heterocycles. The van der Waals surface area contributed by atoms with E-state index in [0.29, 0.717) is 29.6 Å². The molecule has 2 aliphatic rings. The van der Waals surface area contributed by atoms with Crippen LogP contribution in [0.1, 0.15) is 100 Å². The summed E-state index contributed by atoms with van der Waals surface area (Å²) in [6, 6.07) is 17.4. The van der Waals surface area contributed by atoms with Crippen LogP contribution in [0.15, 0.2) is 59.1 Å². The number of rotatable bonds is 8. The standard InChI is InChI=1S/C29H33N3O3/c1-19-10-12-20(13-11-19)18-30-28(33)24-9-5-8-23(16-24)27(22-6-3-2-4-7-22)31-29(34)25-17-26(35-32-25)21-14-15-21/h5,8-13,16-17,21-22,27H,2-4,6-7,14-15,18H2,1H3,(H,30,33)(H,31,34). The molecule has 6 heteroatoms. The average Bonchev–Trinajstić information content (AvgIpc) is 3.63. The molecule has 2 aromatic carbocycles. The second kappa shape index (κ2) is 10.5. The van der Waals surface area contributed by atoms with Crippen molar-refractivity contribution in [3.63, 3.8) is 0 Å². The van der Waals surface area contributed by atoms with Gasteiger partial charge in [0.15, 0.2) is 5.69 Å². The van der Waals surface area contributed by atoms with Crippen LogP contribution >= 0.6 is 0 Å². The number of benzene rings is 2. The number of hydrogen-bond donors (Lipinski definition) is 2. The Morgan fingerprint density at radius 3 is 2.49 bits per heavy atom. The van der Waals surface area contributed by atoms with Crippen LogP contribution in [-0.4, -0.2) is 17.0 Å². The highest BCUT2D eigenvalue weighted by molar-refractivity contribution is 5.94. The fourth-order valence-corrected chi connectivity index (χ4v) is 4.98. The summed E-state index contributed by atoms with van der Waals surface area (Å²) in [5.74, 6) is 1.20. The summed E-state index contributed by atoms with van der Waals surface area (Å²) in [6.45, 7) is 2.52. The van der Waals surface area contributed by atoms with Crippen LogP contribution in [0.3, 0.4) is 0 Å². The summed E-state index contributed by atoms with van der Waals surface area (Å²) < 4.78 is 5.40. The molecule has 2 saturated carbocycles. The molecule has 35 heavy (non-hydrogen) atoms. The van der Waals surface area contributed by atoms with E-state index >= 15 is 0 Å². The van der Waals surface area contributed by atoms with E-state index in [1.165, 1.54) is 12.0 Å². The van der Waals surface area contributed by atoms with E-state index in [2.05, 4.69) is 15.8 Å². The van der Waals surface area contributed by atoms with Crippen molar-refractivity contribution >= 4 is 11.8 Å². The van der Waals surface area contributed by atoms with Gasteiger partial charge in [0, 0.05) is 24.1 Å². The Morgan fingerprint density at radius 2 is 1.74 bits per heavy atom. The van der Waals surface area contributed by atoms with Gasteiger partial charge in [0.25, 0.3) is 11.8 Å². The molecule has 1 atom stereocenters. The number of nitrogens with zero attached hydrogens (tertiary/aromatic N) is 1. The highest BCUT2D eigenvalue weighted by atomic mass is 16.5. The lowest BCUT2D eigenvalue weighted by atomic mass is 9.80. The molecule has 2 aliphatic carbocycles. The van der Waals surface area contributed by atoms with Crippen LogP contribution in [0.5, 0.6) is 0 Å². The van der Waals surface area contributed by atoms with Gasteiger partial charge in [-0.3, -0.25) is 9.59 Å². The minimum atomic E-state index is -0.217. The van der Waals surface area contributed by atoms with Crippen molar-refractivity contribution in [2.24, 2.45) is 5.92 Å². The lowest BCUT2D eigenvalue weighted by Crippen LogP contribution is -2.35. The van der Waals surface area contributed by atoms with Gasteiger partial charge in [0.05, 0.1) is 6.04 Å². The highest BCUT2D eigenvalue weighted by Gasteiger charge is 2.31. The Hall–Kier alpha value is -3.41. The van der Waals surface area contributed by atoms with Crippen LogP contribution in [0.4, 0.5) is 0 Å². The average molecular weight is 472 g/mol. The number of aromatic nitrogens is 1. The number of carbonyl (C=O) groups is 2. The van der Waals surface area contributed by atoms with Crippen LogP contribution < -0.4 is 10.6 Å². The molecular formula is C29H33N3O3. The molecule has 182 valence electrons. The lowest BCUT2D eigenvalue weighted by Gasteiger charge is -2.31. The number of hydrogen-bond acceptors (Lipinski definition) is 4. The van der Waals surface area contributed by atoms with Gasteiger partial charge in [-0.25, -0.2) is 0 Å². The number of aryl methyl sites for hydroxylation is 1. The molecule has 0 spiro atoms. The fraction of sp³-hybridized carbons (Fsp3) is 0.414. The first kappa shape index (κ1) is 23.3. The summed E-state index contributed by atoms with van der Waals surface area (Å²) in [5.41, 5.74) is 4.14. The smallest absolute Gasteiger partial charge is 0.273 e. The maximum absolute atomic E-state index is 13.1. The maximum Gasteiger partial charge on any atom is 0.273 e. The minimum absolute atomic E-state index is 0.119. The summed E-state index contributed by atoms with van der Waals surface area (Å²) in [5, 5.41) is 10.3. The fourth-order valence-electron chi connectivity index (χ4n) is 4.98. The Morgan fingerprint density at radius 1 is 0.971 bits per heavy atom. The number of carbonyl (C=O) groups excluding carboxylic acids is 2. The second-order valence-electron chi connectivity index (χ2n) is 10.0. The first-order chi connectivity index (χ1) is 17.1.